The Morgan fingerprint density at radius 1 is 0.333 bits per heavy atom. The molecule has 6 rings (SSSR count). The molecule has 230 valence electrons. The SMILES string of the molecule is C[C](=O)[Ni]([C](C)=O)([PH](c1ccccc1)(c1ccccc1)c1ccccc1)[PH](c1ccccc1)(c1ccccc1)c1ccccc1. The molecule has 0 saturated carbocycles. The normalized spacial score (nSPS) is 13.0. The van der Waals surface area contributed by atoms with E-state index >= 15 is 9.59 Å². The molecule has 0 N–H and O–H groups in total. The molecular formula is C40H38NiO2P2. The van der Waals surface area contributed by atoms with Crippen molar-refractivity contribution in [3.63, 3.8) is 0 Å². The van der Waals surface area contributed by atoms with Crippen LogP contribution in [0.4, 0.5) is 0 Å². The number of carbonyl (C=O) groups excluding carboxylic acids is 2. The summed E-state index contributed by atoms with van der Waals surface area (Å²) in [6.07, 6.45) is 0. The van der Waals surface area contributed by atoms with E-state index < -0.39 is 23.6 Å². The van der Waals surface area contributed by atoms with E-state index in [2.05, 4.69) is 146 Å². The van der Waals surface area contributed by atoms with Gasteiger partial charge < -0.3 is 0 Å². The molecule has 0 spiro atoms. The zero-order valence-corrected chi connectivity index (χ0v) is 28.4. The first kappa shape index (κ1) is 31.0. The summed E-state index contributed by atoms with van der Waals surface area (Å²) in [6, 6.07) is 55.8. The third-order valence-corrected chi connectivity index (χ3v) is 39.7. The van der Waals surface area contributed by atoms with Crippen LogP contribution in [0.5, 0.6) is 0 Å². The first-order valence-corrected chi connectivity index (χ1v) is 22.6. The summed E-state index contributed by atoms with van der Waals surface area (Å²) < 4.78 is -0.00426. The predicted octanol–water partition coefficient (Wildman–Crippen LogP) is 6.52. The molecule has 5 heteroatoms. The van der Waals surface area contributed by atoms with Crippen molar-refractivity contribution in [2.24, 2.45) is 0 Å². The van der Waals surface area contributed by atoms with E-state index in [-0.39, 0.29) is 9.51 Å². The summed E-state index contributed by atoms with van der Waals surface area (Å²) in [7, 11) is 0. The topological polar surface area (TPSA) is 34.1 Å². The number of rotatable bonds is 10. The van der Waals surface area contributed by atoms with Crippen molar-refractivity contribution in [2.45, 2.75) is 13.8 Å². The van der Waals surface area contributed by atoms with Crippen molar-refractivity contribution in [1.29, 1.82) is 0 Å². The van der Waals surface area contributed by atoms with Crippen molar-refractivity contribution in [3.05, 3.63) is 182 Å². The van der Waals surface area contributed by atoms with Crippen LogP contribution in [0.3, 0.4) is 0 Å². The van der Waals surface area contributed by atoms with Crippen LogP contribution < -0.4 is 31.8 Å². The fraction of sp³-hybridized carbons (Fsp3) is 0.0500. The Balaban J connectivity index is 2.01. The van der Waals surface area contributed by atoms with Gasteiger partial charge in [0.05, 0.1) is 0 Å². The third kappa shape index (κ3) is 4.78. The van der Waals surface area contributed by atoms with Crippen molar-refractivity contribution >= 4 is 53.4 Å². The van der Waals surface area contributed by atoms with Crippen LogP contribution in [-0.2, 0) is 21.1 Å². The van der Waals surface area contributed by atoms with Gasteiger partial charge in [-0.3, -0.25) is 0 Å². The Labute approximate surface area is 269 Å². The molecule has 6 aromatic rings. The molecule has 0 bridgehead atoms. The van der Waals surface area contributed by atoms with Crippen LogP contribution in [0.1, 0.15) is 13.8 Å². The van der Waals surface area contributed by atoms with Crippen LogP contribution in [0, 0.1) is 0 Å². The minimum atomic E-state index is -3.56. The van der Waals surface area contributed by atoms with E-state index in [9.17, 15) is 0 Å². The number of hydrogen-bond donors (Lipinski definition) is 0. The summed E-state index contributed by atoms with van der Waals surface area (Å²) in [4.78, 5) is 31.1. The minimum absolute atomic E-state index is 0.00213. The fourth-order valence-electron chi connectivity index (χ4n) is 6.77. The average Bonchev–Trinajstić information content (AvgIpc) is 3.10. The number of benzene rings is 6. The quantitative estimate of drug-likeness (QED) is 0.123. The van der Waals surface area contributed by atoms with E-state index in [1.54, 1.807) is 13.8 Å². The van der Waals surface area contributed by atoms with Gasteiger partial charge in [-0.05, 0) is 0 Å². The van der Waals surface area contributed by atoms with E-state index in [1.807, 2.05) is 36.4 Å². The van der Waals surface area contributed by atoms with E-state index in [0.717, 1.165) is 31.8 Å². The van der Waals surface area contributed by atoms with Gasteiger partial charge in [-0.15, -0.1) is 0 Å². The molecule has 0 fully saturated rings. The van der Waals surface area contributed by atoms with Gasteiger partial charge in [0.2, 0.25) is 0 Å². The summed E-state index contributed by atoms with van der Waals surface area (Å²) in [5.41, 5.74) is 0. The van der Waals surface area contributed by atoms with E-state index in [1.165, 1.54) is 0 Å². The van der Waals surface area contributed by atoms with Crippen molar-refractivity contribution in [1.82, 2.24) is 0 Å². The van der Waals surface area contributed by atoms with Crippen LogP contribution in [0.25, 0.3) is 0 Å². The number of carbonyl (C=O) groups is 2. The van der Waals surface area contributed by atoms with Crippen molar-refractivity contribution in [2.75, 3.05) is 0 Å². The molecule has 0 atom stereocenters. The summed E-state index contributed by atoms with van der Waals surface area (Å²) in [5, 5.41) is 6.46. The number of hydrogen-bond acceptors (Lipinski definition) is 2. The van der Waals surface area contributed by atoms with Crippen molar-refractivity contribution in [3.8, 4) is 0 Å². The van der Waals surface area contributed by atoms with E-state index in [0.29, 0.717) is 0 Å². The predicted molar refractivity (Wildman–Crippen MR) is 194 cm³/mol. The molecule has 0 radical (unpaired) electrons. The van der Waals surface area contributed by atoms with Crippen LogP contribution in [-0.4, -0.2) is 9.51 Å². The summed E-state index contributed by atoms with van der Waals surface area (Å²) in [5.74, 6) is 0. The standard InChI is InChI=1S/2C18H15P.2C2H3O.Ni/c2*1-4-10-16(11-5-1)19(17-12-6-2-7-13-17)18-14-8-3-9-15-18;2*1-2-3;/h2*1-15H;2*1H3;/q;;;;-2/p+2. The maximum atomic E-state index is 15.5. The Hall–Kier alpha value is -3.99. The van der Waals surface area contributed by atoms with Gasteiger partial charge in [-0.2, -0.15) is 0 Å². The Morgan fingerprint density at radius 3 is 0.622 bits per heavy atom. The summed E-state index contributed by atoms with van der Waals surface area (Å²) >= 11 is -3.14. The van der Waals surface area contributed by atoms with Gasteiger partial charge in [0.25, 0.3) is 0 Å². The molecule has 0 aromatic heterocycles. The molecular weight excluding hydrogens is 633 g/mol. The Bertz CT molecular complexity index is 1550. The molecule has 0 aliphatic rings. The van der Waals surface area contributed by atoms with Crippen molar-refractivity contribution < 1.29 is 21.1 Å². The molecule has 45 heavy (non-hydrogen) atoms. The molecule has 0 aliphatic heterocycles. The third-order valence-electron chi connectivity index (χ3n) is 8.30. The Morgan fingerprint density at radius 2 is 0.489 bits per heavy atom. The van der Waals surface area contributed by atoms with Gasteiger partial charge >= 0.3 is 270 Å². The average molecular weight is 671 g/mol. The molecule has 0 saturated heterocycles. The fourth-order valence-corrected chi connectivity index (χ4v) is 46.1. The van der Waals surface area contributed by atoms with Gasteiger partial charge in [-0.25, -0.2) is 0 Å². The second-order valence-electron chi connectivity index (χ2n) is 10.7. The van der Waals surface area contributed by atoms with Gasteiger partial charge in [0.1, 0.15) is 0 Å². The van der Waals surface area contributed by atoms with Gasteiger partial charge in [0, 0.05) is 0 Å². The summed E-state index contributed by atoms with van der Waals surface area (Å²) in [6.45, 7) is 3.43. The molecule has 0 aliphatic carbocycles. The molecule has 0 amide bonds. The van der Waals surface area contributed by atoms with Crippen LogP contribution in [0.2, 0.25) is 0 Å². The van der Waals surface area contributed by atoms with E-state index in [4.69, 9.17) is 0 Å². The zero-order valence-electron chi connectivity index (χ0n) is 25.5. The first-order chi connectivity index (χ1) is 22.0. The Kier molecular flexibility index (Phi) is 9.07. The molecule has 2 nitrogen and oxygen atoms in total. The second-order valence-corrected chi connectivity index (χ2v) is 29.2. The monoisotopic (exact) mass is 670 g/mol. The van der Waals surface area contributed by atoms with Crippen LogP contribution >= 0.6 is 12.1 Å². The maximum absolute atomic E-state index is 15.5. The van der Waals surface area contributed by atoms with Gasteiger partial charge in [0.15, 0.2) is 0 Å². The van der Waals surface area contributed by atoms with Gasteiger partial charge in [-0.1, -0.05) is 0 Å². The first-order valence-electron chi connectivity index (χ1n) is 15.0. The van der Waals surface area contributed by atoms with Crippen LogP contribution in [0.15, 0.2) is 182 Å². The molecule has 6 aromatic carbocycles. The molecule has 0 unspecified atom stereocenters. The zero-order chi connectivity index (χ0) is 31.3. The second kappa shape index (κ2) is 13.2. The molecule has 0 heterocycles.